The van der Waals surface area contributed by atoms with Crippen LogP contribution in [-0.4, -0.2) is 31.7 Å². The van der Waals surface area contributed by atoms with Crippen molar-refractivity contribution in [1.82, 2.24) is 10.2 Å². The van der Waals surface area contributed by atoms with Crippen molar-refractivity contribution in [2.45, 2.75) is 25.2 Å². The topological polar surface area (TPSA) is 92.1 Å². The average molecular weight is 308 g/mol. The second-order valence-electron chi connectivity index (χ2n) is 4.87. The van der Waals surface area contributed by atoms with Gasteiger partial charge in [0, 0.05) is 6.54 Å². The van der Waals surface area contributed by atoms with E-state index in [1.54, 1.807) is 13.0 Å². The third kappa shape index (κ3) is 3.08. The highest BCUT2D eigenvalue weighted by Crippen LogP contribution is 2.27. The Bertz CT molecular complexity index is 709. The molecular formula is C14H20N4O2S. The number of H-pyrrole nitrogens is 1. The number of aromatic amines is 1. The van der Waals surface area contributed by atoms with Gasteiger partial charge < -0.3 is 5.73 Å². The SMILES string of the molecule is Cc1ccccc1N(CCCN)S(=O)(=O)c1cn[nH]c1C. The Morgan fingerprint density at radius 3 is 2.57 bits per heavy atom. The molecule has 0 aliphatic heterocycles. The summed E-state index contributed by atoms with van der Waals surface area (Å²) in [4.78, 5) is 0.197. The molecule has 114 valence electrons. The minimum absolute atomic E-state index is 0.197. The summed E-state index contributed by atoms with van der Waals surface area (Å²) in [7, 11) is -3.65. The maximum atomic E-state index is 12.9. The van der Waals surface area contributed by atoms with E-state index in [1.165, 1.54) is 10.5 Å². The van der Waals surface area contributed by atoms with Gasteiger partial charge in [-0.2, -0.15) is 5.10 Å². The maximum Gasteiger partial charge on any atom is 0.267 e. The van der Waals surface area contributed by atoms with Crippen LogP contribution in [0.3, 0.4) is 0 Å². The molecule has 7 heteroatoms. The second-order valence-corrected chi connectivity index (χ2v) is 6.70. The molecule has 0 bridgehead atoms. The summed E-state index contributed by atoms with van der Waals surface area (Å²) >= 11 is 0. The summed E-state index contributed by atoms with van der Waals surface area (Å²) in [5.41, 5.74) is 7.65. The molecule has 2 aromatic rings. The number of para-hydroxylation sites is 1. The first-order valence-electron chi connectivity index (χ1n) is 6.77. The molecule has 0 unspecified atom stereocenters. The monoisotopic (exact) mass is 308 g/mol. The molecular weight excluding hydrogens is 288 g/mol. The van der Waals surface area contributed by atoms with Gasteiger partial charge >= 0.3 is 0 Å². The number of rotatable bonds is 6. The lowest BCUT2D eigenvalue weighted by Crippen LogP contribution is -2.33. The fraction of sp³-hybridized carbons (Fsp3) is 0.357. The molecule has 0 saturated heterocycles. The number of sulfonamides is 1. The van der Waals surface area contributed by atoms with E-state index in [0.717, 1.165) is 5.56 Å². The number of aryl methyl sites for hydroxylation is 2. The number of nitrogens with one attached hydrogen (secondary N) is 1. The molecule has 3 N–H and O–H groups in total. The number of anilines is 1. The van der Waals surface area contributed by atoms with Crippen molar-refractivity contribution in [2.75, 3.05) is 17.4 Å². The quantitative estimate of drug-likeness (QED) is 0.847. The van der Waals surface area contributed by atoms with Gasteiger partial charge in [-0.05, 0) is 38.4 Å². The average Bonchev–Trinajstić information content (AvgIpc) is 2.88. The third-order valence-electron chi connectivity index (χ3n) is 3.30. The Morgan fingerprint density at radius 2 is 2.00 bits per heavy atom. The maximum absolute atomic E-state index is 12.9. The minimum atomic E-state index is -3.65. The van der Waals surface area contributed by atoms with Gasteiger partial charge in [-0.1, -0.05) is 18.2 Å². The van der Waals surface area contributed by atoms with Crippen LogP contribution in [0.15, 0.2) is 35.4 Å². The molecule has 0 saturated carbocycles. The van der Waals surface area contributed by atoms with Crippen molar-refractivity contribution in [2.24, 2.45) is 5.73 Å². The van der Waals surface area contributed by atoms with Gasteiger partial charge in [0.1, 0.15) is 4.90 Å². The molecule has 1 aromatic heterocycles. The first kappa shape index (κ1) is 15.5. The van der Waals surface area contributed by atoms with E-state index < -0.39 is 10.0 Å². The zero-order valence-electron chi connectivity index (χ0n) is 12.2. The first-order valence-corrected chi connectivity index (χ1v) is 8.21. The summed E-state index contributed by atoms with van der Waals surface area (Å²) in [6.07, 6.45) is 1.93. The van der Waals surface area contributed by atoms with Gasteiger partial charge in [-0.15, -0.1) is 0 Å². The van der Waals surface area contributed by atoms with Crippen LogP contribution in [0.25, 0.3) is 0 Å². The van der Waals surface area contributed by atoms with Gasteiger partial charge in [0.05, 0.1) is 17.6 Å². The molecule has 0 spiro atoms. The van der Waals surface area contributed by atoms with Crippen molar-refractivity contribution in [3.63, 3.8) is 0 Å². The van der Waals surface area contributed by atoms with E-state index in [4.69, 9.17) is 5.73 Å². The van der Waals surface area contributed by atoms with Crippen molar-refractivity contribution in [3.8, 4) is 0 Å². The third-order valence-corrected chi connectivity index (χ3v) is 5.23. The lowest BCUT2D eigenvalue weighted by Gasteiger charge is -2.25. The van der Waals surface area contributed by atoms with Crippen molar-refractivity contribution >= 4 is 15.7 Å². The van der Waals surface area contributed by atoms with Gasteiger partial charge in [-0.25, -0.2) is 8.42 Å². The molecule has 0 aliphatic carbocycles. The van der Waals surface area contributed by atoms with Crippen LogP contribution in [-0.2, 0) is 10.0 Å². The smallest absolute Gasteiger partial charge is 0.267 e. The van der Waals surface area contributed by atoms with Crippen LogP contribution in [0.2, 0.25) is 0 Å². The highest BCUT2D eigenvalue weighted by Gasteiger charge is 2.28. The predicted octanol–water partition coefficient (Wildman–Crippen LogP) is 1.57. The van der Waals surface area contributed by atoms with Crippen LogP contribution in [0, 0.1) is 13.8 Å². The number of hydrogen-bond acceptors (Lipinski definition) is 4. The van der Waals surface area contributed by atoms with E-state index in [9.17, 15) is 8.42 Å². The molecule has 0 aliphatic rings. The normalized spacial score (nSPS) is 11.6. The lowest BCUT2D eigenvalue weighted by molar-refractivity contribution is 0.588. The summed E-state index contributed by atoms with van der Waals surface area (Å²) in [5.74, 6) is 0. The first-order chi connectivity index (χ1) is 9.98. The van der Waals surface area contributed by atoms with Crippen LogP contribution in [0.1, 0.15) is 17.7 Å². The molecule has 0 atom stereocenters. The van der Waals surface area contributed by atoms with Crippen LogP contribution in [0.5, 0.6) is 0 Å². The molecule has 21 heavy (non-hydrogen) atoms. The minimum Gasteiger partial charge on any atom is -0.330 e. The molecule has 0 radical (unpaired) electrons. The van der Waals surface area contributed by atoms with Gasteiger partial charge in [0.25, 0.3) is 10.0 Å². The Morgan fingerprint density at radius 1 is 1.29 bits per heavy atom. The number of hydrogen-bond donors (Lipinski definition) is 2. The molecule has 2 rings (SSSR count). The van der Waals surface area contributed by atoms with E-state index in [-0.39, 0.29) is 4.90 Å². The Kier molecular flexibility index (Phi) is 4.64. The highest BCUT2D eigenvalue weighted by molar-refractivity contribution is 7.92. The molecule has 0 amide bonds. The molecule has 1 aromatic carbocycles. The Balaban J connectivity index is 2.51. The molecule has 1 heterocycles. The van der Waals surface area contributed by atoms with Crippen LogP contribution in [0.4, 0.5) is 5.69 Å². The fourth-order valence-electron chi connectivity index (χ4n) is 2.17. The van der Waals surface area contributed by atoms with Crippen molar-refractivity contribution in [1.29, 1.82) is 0 Å². The van der Waals surface area contributed by atoms with Gasteiger partial charge in [-0.3, -0.25) is 9.40 Å². The summed E-state index contributed by atoms with van der Waals surface area (Å²) < 4.78 is 27.2. The van der Waals surface area contributed by atoms with Gasteiger partial charge in [0.15, 0.2) is 0 Å². The number of benzene rings is 1. The van der Waals surface area contributed by atoms with Gasteiger partial charge in [0.2, 0.25) is 0 Å². The van der Waals surface area contributed by atoms with E-state index >= 15 is 0 Å². The Hall–Kier alpha value is -1.86. The van der Waals surface area contributed by atoms with E-state index in [0.29, 0.717) is 30.9 Å². The fourth-order valence-corrected chi connectivity index (χ4v) is 3.86. The van der Waals surface area contributed by atoms with Crippen LogP contribution >= 0.6 is 0 Å². The Labute approximate surface area is 125 Å². The number of aromatic nitrogens is 2. The standard InChI is InChI=1S/C14H20N4O2S/c1-11-6-3-4-7-13(11)18(9-5-8-15)21(19,20)14-10-16-17-12(14)2/h3-4,6-7,10H,5,8-9,15H2,1-2H3,(H,16,17). The summed E-state index contributed by atoms with van der Waals surface area (Å²) in [5, 5.41) is 6.48. The van der Waals surface area contributed by atoms with Crippen molar-refractivity contribution in [3.05, 3.63) is 41.7 Å². The van der Waals surface area contributed by atoms with E-state index in [1.807, 2.05) is 25.1 Å². The summed E-state index contributed by atoms with van der Waals surface area (Å²) in [6, 6.07) is 7.41. The largest absolute Gasteiger partial charge is 0.330 e. The van der Waals surface area contributed by atoms with Crippen LogP contribution < -0.4 is 10.0 Å². The second kappa shape index (κ2) is 6.28. The molecule has 6 nitrogen and oxygen atoms in total. The lowest BCUT2D eigenvalue weighted by atomic mass is 10.2. The summed E-state index contributed by atoms with van der Waals surface area (Å²) in [6.45, 7) is 4.36. The number of nitrogens with two attached hydrogens (primary N) is 1. The number of nitrogens with zero attached hydrogens (tertiary/aromatic N) is 2. The molecule has 0 fully saturated rings. The predicted molar refractivity (Wildman–Crippen MR) is 82.7 cm³/mol. The highest BCUT2D eigenvalue weighted by atomic mass is 32.2. The van der Waals surface area contributed by atoms with E-state index in [2.05, 4.69) is 10.2 Å². The zero-order chi connectivity index (χ0) is 15.5. The zero-order valence-corrected chi connectivity index (χ0v) is 13.0. The van der Waals surface area contributed by atoms with Crippen molar-refractivity contribution < 1.29 is 8.42 Å².